The number of rotatable bonds is 2. The van der Waals surface area contributed by atoms with E-state index in [4.69, 9.17) is 5.73 Å². The summed E-state index contributed by atoms with van der Waals surface area (Å²) in [6.07, 6.45) is 0.774. The van der Waals surface area contributed by atoms with E-state index in [0.717, 1.165) is 23.5 Å². The van der Waals surface area contributed by atoms with Crippen LogP contribution in [0.5, 0.6) is 0 Å². The van der Waals surface area contributed by atoms with Gasteiger partial charge in [-0.1, -0.05) is 0 Å². The van der Waals surface area contributed by atoms with Crippen molar-refractivity contribution in [2.45, 2.75) is 25.9 Å². The molecule has 0 bridgehead atoms. The molecular weight excluding hydrogens is 198 g/mol. The molecule has 14 heavy (non-hydrogen) atoms. The fourth-order valence-corrected chi connectivity index (χ4v) is 2.36. The average molecular weight is 211 g/mol. The number of aryl methyl sites for hydroxylation is 1. The monoisotopic (exact) mass is 211 g/mol. The van der Waals surface area contributed by atoms with Gasteiger partial charge in [0.2, 0.25) is 5.91 Å². The highest BCUT2D eigenvalue weighted by Gasteiger charge is 2.28. The number of aromatic nitrogens is 1. The molecule has 5 heteroatoms. The molecule has 2 rings (SSSR count). The molecule has 1 aliphatic rings. The maximum absolute atomic E-state index is 11.5. The molecule has 1 aromatic heterocycles. The molecule has 4 nitrogen and oxygen atoms in total. The van der Waals surface area contributed by atoms with Gasteiger partial charge in [-0.2, -0.15) is 0 Å². The first-order valence-corrected chi connectivity index (χ1v) is 5.50. The quantitative estimate of drug-likeness (QED) is 0.775. The maximum atomic E-state index is 11.5. The SMILES string of the molecule is Cc1ncsc1CN1CCC(N)C1=O. The Kier molecular flexibility index (Phi) is 2.52. The van der Waals surface area contributed by atoms with Crippen LogP contribution in [0.1, 0.15) is 17.0 Å². The van der Waals surface area contributed by atoms with Crippen LogP contribution in [-0.4, -0.2) is 28.4 Å². The van der Waals surface area contributed by atoms with Crippen LogP contribution in [0.2, 0.25) is 0 Å². The Bertz CT molecular complexity index is 350. The number of hydrogen-bond donors (Lipinski definition) is 1. The van der Waals surface area contributed by atoms with Gasteiger partial charge >= 0.3 is 0 Å². The van der Waals surface area contributed by atoms with E-state index >= 15 is 0 Å². The van der Waals surface area contributed by atoms with E-state index in [-0.39, 0.29) is 11.9 Å². The lowest BCUT2D eigenvalue weighted by atomic mass is 10.3. The van der Waals surface area contributed by atoms with E-state index in [9.17, 15) is 4.79 Å². The smallest absolute Gasteiger partial charge is 0.239 e. The van der Waals surface area contributed by atoms with Crippen molar-refractivity contribution in [3.63, 3.8) is 0 Å². The normalized spacial score (nSPS) is 22.0. The van der Waals surface area contributed by atoms with Crippen molar-refractivity contribution in [3.8, 4) is 0 Å². The van der Waals surface area contributed by atoms with Crippen LogP contribution in [0.3, 0.4) is 0 Å². The Balaban J connectivity index is 2.06. The number of thiazole rings is 1. The summed E-state index contributed by atoms with van der Waals surface area (Å²) in [4.78, 5) is 18.7. The topological polar surface area (TPSA) is 59.2 Å². The van der Waals surface area contributed by atoms with Crippen LogP contribution >= 0.6 is 11.3 Å². The average Bonchev–Trinajstić information content (AvgIpc) is 2.68. The molecule has 1 fully saturated rings. The first-order valence-electron chi connectivity index (χ1n) is 4.62. The summed E-state index contributed by atoms with van der Waals surface area (Å²) in [6.45, 7) is 3.41. The van der Waals surface area contributed by atoms with E-state index in [2.05, 4.69) is 4.98 Å². The molecule has 76 valence electrons. The van der Waals surface area contributed by atoms with Crippen molar-refractivity contribution >= 4 is 17.2 Å². The van der Waals surface area contributed by atoms with Crippen LogP contribution in [0.4, 0.5) is 0 Å². The second-order valence-corrected chi connectivity index (χ2v) is 4.46. The van der Waals surface area contributed by atoms with Crippen LogP contribution in [0.25, 0.3) is 0 Å². The molecule has 0 saturated carbocycles. The van der Waals surface area contributed by atoms with Crippen LogP contribution in [-0.2, 0) is 11.3 Å². The van der Waals surface area contributed by atoms with Gasteiger partial charge in [-0.3, -0.25) is 4.79 Å². The highest BCUT2D eigenvalue weighted by Crippen LogP contribution is 2.18. The Morgan fingerprint density at radius 2 is 2.57 bits per heavy atom. The third kappa shape index (κ3) is 1.65. The number of carbonyl (C=O) groups is 1. The van der Waals surface area contributed by atoms with E-state index in [1.54, 1.807) is 11.3 Å². The molecule has 2 heterocycles. The molecule has 0 radical (unpaired) electrons. The molecule has 1 amide bonds. The summed E-state index contributed by atoms with van der Waals surface area (Å²) in [6, 6.07) is -0.289. The fraction of sp³-hybridized carbons (Fsp3) is 0.556. The molecule has 1 aliphatic heterocycles. The number of hydrogen-bond acceptors (Lipinski definition) is 4. The predicted octanol–water partition coefficient (Wildman–Crippen LogP) is 0.511. The van der Waals surface area contributed by atoms with Gasteiger partial charge in [0.25, 0.3) is 0 Å². The fourth-order valence-electron chi connectivity index (χ4n) is 1.57. The first kappa shape index (κ1) is 9.61. The Morgan fingerprint density at radius 3 is 3.07 bits per heavy atom. The second kappa shape index (κ2) is 3.67. The van der Waals surface area contributed by atoms with Crippen molar-refractivity contribution < 1.29 is 4.79 Å². The highest BCUT2D eigenvalue weighted by molar-refractivity contribution is 7.09. The zero-order chi connectivity index (χ0) is 10.1. The van der Waals surface area contributed by atoms with Crippen molar-refractivity contribution in [2.75, 3.05) is 6.54 Å². The van der Waals surface area contributed by atoms with Gasteiger partial charge in [0.1, 0.15) is 0 Å². The molecule has 0 spiro atoms. The Morgan fingerprint density at radius 1 is 1.79 bits per heavy atom. The lowest BCUT2D eigenvalue weighted by Gasteiger charge is -2.14. The Hall–Kier alpha value is -0.940. The highest BCUT2D eigenvalue weighted by atomic mass is 32.1. The van der Waals surface area contributed by atoms with Crippen molar-refractivity contribution in [1.82, 2.24) is 9.88 Å². The number of carbonyl (C=O) groups excluding carboxylic acids is 1. The van der Waals surface area contributed by atoms with Gasteiger partial charge in [-0.15, -0.1) is 11.3 Å². The van der Waals surface area contributed by atoms with E-state index < -0.39 is 0 Å². The minimum Gasteiger partial charge on any atom is -0.336 e. The van der Waals surface area contributed by atoms with Crippen molar-refractivity contribution in [1.29, 1.82) is 0 Å². The summed E-state index contributed by atoms with van der Waals surface area (Å²) < 4.78 is 0. The minimum absolute atomic E-state index is 0.0674. The molecule has 1 atom stereocenters. The molecule has 1 unspecified atom stereocenters. The van der Waals surface area contributed by atoms with Gasteiger partial charge in [0.05, 0.1) is 23.8 Å². The van der Waals surface area contributed by atoms with Crippen LogP contribution in [0, 0.1) is 6.92 Å². The van der Waals surface area contributed by atoms with E-state index in [1.165, 1.54) is 0 Å². The zero-order valence-corrected chi connectivity index (χ0v) is 8.88. The van der Waals surface area contributed by atoms with Crippen molar-refractivity contribution in [2.24, 2.45) is 5.73 Å². The number of nitrogens with zero attached hydrogens (tertiary/aromatic N) is 2. The lowest BCUT2D eigenvalue weighted by molar-refractivity contribution is -0.129. The van der Waals surface area contributed by atoms with Crippen LogP contribution in [0.15, 0.2) is 5.51 Å². The summed E-state index contributed by atoms with van der Waals surface area (Å²) in [5, 5.41) is 0. The molecule has 0 aliphatic carbocycles. The predicted molar refractivity (Wildman–Crippen MR) is 54.9 cm³/mol. The third-order valence-corrected chi connectivity index (χ3v) is 3.44. The summed E-state index contributed by atoms with van der Waals surface area (Å²) in [5.74, 6) is 0.0674. The Labute approximate surface area is 86.7 Å². The van der Waals surface area contributed by atoms with Crippen molar-refractivity contribution in [3.05, 3.63) is 16.1 Å². The molecule has 0 aromatic carbocycles. The van der Waals surface area contributed by atoms with Gasteiger partial charge in [0, 0.05) is 11.4 Å². The second-order valence-electron chi connectivity index (χ2n) is 3.52. The molecule has 1 aromatic rings. The van der Waals surface area contributed by atoms with E-state index in [1.807, 2.05) is 17.3 Å². The van der Waals surface area contributed by atoms with Gasteiger partial charge in [-0.05, 0) is 13.3 Å². The number of likely N-dealkylation sites (tertiary alicyclic amines) is 1. The van der Waals surface area contributed by atoms with Gasteiger partial charge < -0.3 is 10.6 Å². The largest absolute Gasteiger partial charge is 0.336 e. The molecule has 1 saturated heterocycles. The third-order valence-electron chi connectivity index (χ3n) is 2.52. The van der Waals surface area contributed by atoms with Crippen LogP contribution < -0.4 is 5.73 Å². The summed E-state index contributed by atoms with van der Waals surface area (Å²) in [5.41, 5.74) is 8.46. The first-order chi connectivity index (χ1) is 6.68. The number of nitrogens with two attached hydrogens (primary N) is 1. The number of amides is 1. The maximum Gasteiger partial charge on any atom is 0.239 e. The minimum atomic E-state index is -0.289. The summed E-state index contributed by atoms with van der Waals surface area (Å²) >= 11 is 1.59. The van der Waals surface area contributed by atoms with E-state index in [0.29, 0.717) is 6.54 Å². The zero-order valence-electron chi connectivity index (χ0n) is 8.06. The standard InChI is InChI=1S/C9H13N3OS/c1-6-8(14-5-11-6)4-12-3-2-7(10)9(12)13/h5,7H,2-4,10H2,1H3. The molecular formula is C9H13N3OS. The molecule has 2 N–H and O–H groups in total. The summed E-state index contributed by atoms with van der Waals surface area (Å²) in [7, 11) is 0. The lowest BCUT2D eigenvalue weighted by Crippen LogP contribution is -2.33. The van der Waals surface area contributed by atoms with Gasteiger partial charge in [-0.25, -0.2) is 4.98 Å². The van der Waals surface area contributed by atoms with Gasteiger partial charge in [0.15, 0.2) is 0 Å².